The van der Waals surface area contributed by atoms with Crippen molar-refractivity contribution in [3.05, 3.63) is 113 Å². The Morgan fingerprint density at radius 1 is 0.952 bits per heavy atom. The van der Waals surface area contributed by atoms with Crippen LogP contribution in [0.2, 0.25) is 5.02 Å². The lowest BCUT2D eigenvalue weighted by molar-refractivity contribution is -0.118. The van der Waals surface area contributed by atoms with Gasteiger partial charge in [0.1, 0.15) is 5.75 Å². The number of amides is 2. The van der Waals surface area contributed by atoms with Gasteiger partial charge in [0.05, 0.1) is 46.2 Å². The van der Waals surface area contributed by atoms with Crippen LogP contribution >= 0.6 is 11.6 Å². The third-order valence-electron chi connectivity index (χ3n) is 7.30. The Labute approximate surface area is 250 Å². The quantitative estimate of drug-likeness (QED) is 0.253. The second kappa shape index (κ2) is 11.9. The average molecular weight is 604 g/mol. The minimum atomic E-state index is -4.10. The molecule has 0 spiro atoms. The van der Waals surface area contributed by atoms with Gasteiger partial charge in [0.2, 0.25) is 5.91 Å². The molecule has 8 nitrogen and oxygen atoms in total. The first kappa shape index (κ1) is 29.2. The van der Waals surface area contributed by atoms with Crippen LogP contribution in [-0.4, -0.2) is 40.4 Å². The predicted octanol–water partition coefficient (Wildman–Crippen LogP) is 6.15. The molecule has 4 aromatic rings. The minimum Gasteiger partial charge on any atom is -0.495 e. The number of para-hydroxylation sites is 4. The number of rotatable bonds is 7. The number of carbonyl (C=O) groups excluding carboxylic acids is 2. The van der Waals surface area contributed by atoms with Crippen LogP contribution in [0.3, 0.4) is 0 Å². The van der Waals surface area contributed by atoms with Gasteiger partial charge in [-0.15, -0.1) is 0 Å². The molecule has 0 saturated heterocycles. The number of halogens is 1. The van der Waals surface area contributed by atoms with E-state index in [4.69, 9.17) is 16.3 Å². The van der Waals surface area contributed by atoms with Crippen molar-refractivity contribution in [3.63, 3.8) is 0 Å². The number of methoxy groups -OCH3 is 1. The maximum Gasteiger partial charge on any atom is 0.264 e. The van der Waals surface area contributed by atoms with E-state index in [9.17, 15) is 18.0 Å². The summed E-state index contributed by atoms with van der Waals surface area (Å²) in [7, 11) is -1.22. The number of anilines is 3. The molecule has 42 heavy (non-hydrogen) atoms. The number of carbonyl (C=O) groups is 2. The first-order valence-corrected chi connectivity index (χ1v) is 15.1. The topological polar surface area (TPSA) is 87.2 Å². The van der Waals surface area contributed by atoms with Gasteiger partial charge in [-0.05, 0) is 55.0 Å². The van der Waals surface area contributed by atoms with Crippen molar-refractivity contribution < 1.29 is 22.7 Å². The van der Waals surface area contributed by atoms with Crippen LogP contribution in [0.4, 0.5) is 17.1 Å². The molecule has 216 valence electrons. The van der Waals surface area contributed by atoms with Gasteiger partial charge in [0.15, 0.2) is 0 Å². The normalized spacial score (nSPS) is 15.1. The predicted molar refractivity (Wildman–Crippen MR) is 165 cm³/mol. The molecule has 0 aliphatic carbocycles. The summed E-state index contributed by atoms with van der Waals surface area (Å²) in [5.74, 6) is -0.255. The van der Waals surface area contributed by atoms with Crippen molar-refractivity contribution in [2.45, 2.75) is 30.8 Å². The molecule has 5 rings (SSSR count). The number of hydrogen-bond donors (Lipinski definition) is 0. The van der Waals surface area contributed by atoms with Gasteiger partial charge in [-0.25, -0.2) is 8.42 Å². The summed E-state index contributed by atoms with van der Waals surface area (Å²) in [6, 6.07) is 27.1. The fourth-order valence-electron chi connectivity index (χ4n) is 5.11. The van der Waals surface area contributed by atoms with E-state index in [0.29, 0.717) is 29.4 Å². The van der Waals surface area contributed by atoms with Crippen LogP contribution < -0.4 is 18.8 Å². The molecule has 0 N–H and O–H groups in total. The molecule has 1 atom stereocenters. The molecular weight excluding hydrogens is 574 g/mol. The number of fused-ring (bicyclic) bond motifs is 1. The zero-order valence-corrected chi connectivity index (χ0v) is 25.0. The molecule has 1 heterocycles. The highest BCUT2D eigenvalue weighted by atomic mass is 35.5. The smallest absolute Gasteiger partial charge is 0.264 e. The minimum absolute atomic E-state index is 0.0109. The van der Waals surface area contributed by atoms with Gasteiger partial charge in [-0.1, -0.05) is 66.2 Å². The van der Waals surface area contributed by atoms with Crippen LogP contribution in [0.15, 0.2) is 102 Å². The molecule has 0 bridgehead atoms. The molecule has 1 unspecified atom stereocenters. The van der Waals surface area contributed by atoms with Gasteiger partial charge in [0.25, 0.3) is 15.9 Å². The maximum atomic E-state index is 14.2. The molecule has 1 aliphatic rings. The van der Waals surface area contributed by atoms with Crippen molar-refractivity contribution in [2.75, 3.05) is 28.3 Å². The summed E-state index contributed by atoms with van der Waals surface area (Å²) in [5, 5.41) is 0.0975. The van der Waals surface area contributed by atoms with Crippen molar-refractivity contribution >= 4 is 50.5 Å². The highest BCUT2D eigenvalue weighted by Gasteiger charge is 2.35. The zero-order chi connectivity index (χ0) is 30.0. The van der Waals surface area contributed by atoms with E-state index in [1.807, 2.05) is 36.4 Å². The van der Waals surface area contributed by atoms with E-state index in [-0.39, 0.29) is 27.8 Å². The molecule has 2 amide bonds. The lowest BCUT2D eigenvalue weighted by Crippen LogP contribution is -2.39. The molecular formula is C32H30ClN3O5S. The highest BCUT2D eigenvalue weighted by Crippen LogP contribution is 2.38. The maximum absolute atomic E-state index is 14.2. The monoisotopic (exact) mass is 603 g/mol. The second-order valence-electron chi connectivity index (χ2n) is 9.97. The van der Waals surface area contributed by atoms with E-state index in [0.717, 1.165) is 9.87 Å². The van der Waals surface area contributed by atoms with Gasteiger partial charge in [-0.2, -0.15) is 0 Å². The van der Waals surface area contributed by atoms with Crippen LogP contribution in [0.25, 0.3) is 0 Å². The Bertz CT molecular complexity index is 1750. The summed E-state index contributed by atoms with van der Waals surface area (Å²) in [5.41, 5.74) is 2.42. The van der Waals surface area contributed by atoms with Gasteiger partial charge < -0.3 is 14.5 Å². The summed E-state index contributed by atoms with van der Waals surface area (Å²) in [6.07, 6.45) is 0.0689. The Hall–Kier alpha value is -4.34. The number of benzene rings is 4. The molecule has 0 fully saturated rings. The lowest BCUT2D eigenvalue weighted by Gasteiger charge is -2.29. The van der Waals surface area contributed by atoms with Gasteiger partial charge >= 0.3 is 0 Å². The Kier molecular flexibility index (Phi) is 8.24. The molecule has 1 aliphatic heterocycles. The number of hydrogen-bond acceptors (Lipinski definition) is 5. The fourth-order valence-corrected chi connectivity index (χ4v) is 6.54. The first-order chi connectivity index (χ1) is 20.1. The van der Waals surface area contributed by atoms with Crippen molar-refractivity contribution in [1.82, 2.24) is 0 Å². The Balaban J connectivity index is 1.55. The third-order valence-corrected chi connectivity index (χ3v) is 9.39. The van der Waals surface area contributed by atoms with Gasteiger partial charge in [0, 0.05) is 19.5 Å². The number of sulfonamides is 1. The van der Waals surface area contributed by atoms with E-state index < -0.39 is 22.0 Å². The largest absolute Gasteiger partial charge is 0.495 e. The Morgan fingerprint density at radius 2 is 1.60 bits per heavy atom. The van der Waals surface area contributed by atoms with Crippen molar-refractivity contribution in [1.29, 1.82) is 0 Å². The fraction of sp³-hybridized carbons (Fsp3) is 0.188. The van der Waals surface area contributed by atoms with E-state index >= 15 is 0 Å². The number of nitrogens with zero attached hydrogens (tertiary/aromatic N) is 3. The highest BCUT2D eigenvalue weighted by molar-refractivity contribution is 7.92. The van der Waals surface area contributed by atoms with Crippen molar-refractivity contribution in [3.8, 4) is 5.75 Å². The molecule has 4 aromatic carbocycles. The van der Waals surface area contributed by atoms with E-state index in [1.165, 1.54) is 37.3 Å². The zero-order valence-electron chi connectivity index (χ0n) is 23.4. The van der Waals surface area contributed by atoms with Gasteiger partial charge in [-0.3, -0.25) is 13.9 Å². The van der Waals surface area contributed by atoms with Crippen LogP contribution in [0.1, 0.15) is 29.3 Å². The van der Waals surface area contributed by atoms with Crippen LogP contribution in [-0.2, 0) is 21.4 Å². The SMILES string of the molecule is COc1ccccc1N(C)S(=O)(=O)c1ccc(Cl)c(C(=O)N2c3ccccc3N(Cc3ccccc3)C(=O)CC2C)c1. The summed E-state index contributed by atoms with van der Waals surface area (Å²) < 4.78 is 33.8. The van der Waals surface area contributed by atoms with Crippen LogP contribution in [0.5, 0.6) is 5.75 Å². The average Bonchev–Trinajstić information content (AvgIpc) is 3.10. The molecule has 10 heteroatoms. The molecule has 0 aromatic heterocycles. The third kappa shape index (κ3) is 5.45. The number of ether oxygens (including phenoxy) is 1. The molecule has 0 radical (unpaired) electrons. The molecule has 0 saturated carbocycles. The Morgan fingerprint density at radius 3 is 2.31 bits per heavy atom. The van der Waals surface area contributed by atoms with E-state index in [2.05, 4.69) is 0 Å². The first-order valence-electron chi connectivity index (χ1n) is 13.3. The van der Waals surface area contributed by atoms with Crippen LogP contribution in [0, 0.1) is 0 Å². The van der Waals surface area contributed by atoms with E-state index in [1.54, 1.807) is 54.3 Å². The second-order valence-corrected chi connectivity index (χ2v) is 12.3. The van der Waals surface area contributed by atoms with Crippen molar-refractivity contribution in [2.24, 2.45) is 0 Å². The summed E-state index contributed by atoms with van der Waals surface area (Å²) in [4.78, 5) is 30.8. The summed E-state index contributed by atoms with van der Waals surface area (Å²) in [6.45, 7) is 2.14. The standard InChI is InChI=1S/C32H30ClN3O5S/c1-22-19-31(37)35(21-23-11-5-4-6-12-23)27-13-7-8-14-28(27)36(22)32(38)25-20-24(17-18-26(25)33)42(39,40)34(2)29-15-9-10-16-30(29)41-3/h4-18,20,22H,19,21H2,1-3H3. The summed E-state index contributed by atoms with van der Waals surface area (Å²) >= 11 is 6.53. The lowest BCUT2D eigenvalue weighted by atomic mass is 10.1.